The molecule has 0 saturated heterocycles. The normalized spacial score (nSPS) is 11.8. The predicted molar refractivity (Wildman–Crippen MR) is 83.5 cm³/mol. The first-order chi connectivity index (χ1) is 11.1. The molecular formula is C18H19FO4. The molecule has 0 spiro atoms. The summed E-state index contributed by atoms with van der Waals surface area (Å²) in [5.41, 5.74) is 1.87. The number of hydrogen-bond donors (Lipinski definition) is 1. The van der Waals surface area contributed by atoms with Crippen molar-refractivity contribution < 1.29 is 23.8 Å². The number of methoxy groups -OCH3 is 1. The van der Waals surface area contributed by atoms with Gasteiger partial charge in [0, 0.05) is 0 Å². The van der Waals surface area contributed by atoms with Gasteiger partial charge in [0.2, 0.25) is 0 Å². The van der Waals surface area contributed by atoms with E-state index in [1.54, 1.807) is 12.1 Å². The zero-order chi connectivity index (χ0) is 16.7. The number of halogens is 1. The van der Waals surface area contributed by atoms with Crippen molar-refractivity contribution in [3.63, 3.8) is 0 Å². The second-order valence-electron chi connectivity index (χ2n) is 5.14. The van der Waals surface area contributed by atoms with Gasteiger partial charge >= 0.3 is 5.97 Å². The standard InChI is InChI=1S/C18H19FO4/c1-22-18(21)17(20)11-6-13-4-9-16(10-5-13)23-12-14-2-7-15(19)8-3-14/h2-5,7-10,17,20H,6,11-12H2,1H3. The number of aliphatic hydroxyl groups excluding tert-OH is 1. The SMILES string of the molecule is COC(=O)C(O)CCc1ccc(OCc2ccc(F)cc2)cc1. The van der Waals surface area contributed by atoms with E-state index in [4.69, 9.17) is 4.74 Å². The van der Waals surface area contributed by atoms with Crippen molar-refractivity contribution in [2.45, 2.75) is 25.6 Å². The smallest absolute Gasteiger partial charge is 0.334 e. The average molecular weight is 318 g/mol. The molecular weight excluding hydrogens is 299 g/mol. The van der Waals surface area contributed by atoms with Crippen LogP contribution in [-0.4, -0.2) is 24.3 Å². The van der Waals surface area contributed by atoms with E-state index >= 15 is 0 Å². The van der Waals surface area contributed by atoms with Crippen LogP contribution in [0.5, 0.6) is 5.75 Å². The molecule has 122 valence electrons. The van der Waals surface area contributed by atoms with Gasteiger partial charge in [0.05, 0.1) is 7.11 Å². The van der Waals surface area contributed by atoms with Crippen molar-refractivity contribution in [1.29, 1.82) is 0 Å². The maximum Gasteiger partial charge on any atom is 0.334 e. The van der Waals surface area contributed by atoms with Crippen LogP contribution >= 0.6 is 0 Å². The van der Waals surface area contributed by atoms with Gasteiger partial charge in [-0.25, -0.2) is 9.18 Å². The fourth-order valence-electron chi connectivity index (χ4n) is 2.06. The first kappa shape index (κ1) is 17.0. The van der Waals surface area contributed by atoms with Crippen LogP contribution < -0.4 is 4.74 Å². The first-order valence-corrected chi connectivity index (χ1v) is 7.30. The molecule has 0 saturated carbocycles. The summed E-state index contributed by atoms with van der Waals surface area (Å²) in [5, 5.41) is 9.54. The van der Waals surface area contributed by atoms with E-state index in [-0.39, 0.29) is 5.82 Å². The van der Waals surface area contributed by atoms with Crippen LogP contribution in [0, 0.1) is 5.82 Å². The maximum absolute atomic E-state index is 12.8. The van der Waals surface area contributed by atoms with E-state index < -0.39 is 12.1 Å². The van der Waals surface area contributed by atoms with Crippen LogP contribution in [0.2, 0.25) is 0 Å². The molecule has 0 bridgehead atoms. The molecule has 0 fully saturated rings. The van der Waals surface area contributed by atoms with Crippen molar-refractivity contribution in [2.24, 2.45) is 0 Å². The Labute approximate surface area is 134 Å². The molecule has 4 nitrogen and oxygen atoms in total. The Bertz CT molecular complexity index is 622. The van der Waals surface area contributed by atoms with Crippen LogP contribution in [0.4, 0.5) is 4.39 Å². The highest BCUT2D eigenvalue weighted by Crippen LogP contribution is 2.16. The van der Waals surface area contributed by atoms with Crippen LogP contribution in [0.15, 0.2) is 48.5 Å². The van der Waals surface area contributed by atoms with E-state index in [1.165, 1.54) is 19.2 Å². The minimum atomic E-state index is -1.10. The molecule has 5 heteroatoms. The highest BCUT2D eigenvalue weighted by Gasteiger charge is 2.14. The number of hydrogen-bond acceptors (Lipinski definition) is 4. The van der Waals surface area contributed by atoms with Gasteiger partial charge in [0.15, 0.2) is 6.10 Å². The number of carbonyl (C=O) groups excluding carboxylic acids is 1. The third-order valence-corrected chi connectivity index (χ3v) is 3.42. The molecule has 1 N–H and O–H groups in total. The molecule has 2 rings (SSSR count). The molecule has 2 aromatic rings. The van der Waals surface area contributed by atoms with Crippen molar-refractivity contribution in [2.75, 3.05) is 7.11 Å². The van der Waals surface area contributed by atoms with Crippen LogP contribution in [-0.2, 0) is 22.6 Å². The van der Waals surface area contributed by atoms with Crippen LogP contribution in [0.25, 0.3) is 0 Å². The Kier molecular flexibility index (Phi) is 6.11. The molecule has 0 heterocycles. The number of carbonyl (C=O) groups is 1. The third kappa shape index (κ3) is 5.38. The summed E-state index contributed by atoms with van der Waals surface area (Å²) < 4.78 is 22.9. The second kappa shape index (κ2) is 8.29. The molecule has 0 aliphatic heterocycles. The van der Waals surface area contributed by atoms with Gasteiger partial charge in [-0.05, 0) is 48.2 Å². The summed E-state index contributed by atoms with van der Waals surface area (Å²) in [5.74, 6) is -0.192. The third-order valence-electron chi connectivity index (χ3n) is 3.42. The van der Waals surface area contributed by atoms with Gasteiger partial charge < -0.3 is 14.6 Å². The lowest BCUT2D eigenvalue weighted by Gasteiger charge is -2.09. The lowest BCUT2D eigenvalue weighted by molar-refractivity contribution is -0.150. The van der Waals surface area contributed by atoms with E-state index in [2.05, 4.69) is 4.74 Å². The minimum Gasteiger partial charge on any atom is -0.489 e. The molecule has 0 radical (unpaired) electrons. The predicted octanol–water partition coefficient (Wildman–Crippen LogP) is 2.87. The molecule has 2 aromatic carbocycles. The highest BCUT2D eigenvalue weighted by atomic mass is 19.1. The molecule has 0 amide bonds. The van der Waals surface area contributed by atoms with Gasteiger partial charge in [0.1, 0.15) is 18.2 Å². The maximum atomic E-state index is 12.8. The van der Waals surface area contributed by atoms with Crippen molar-refractivity contribution >= 4 is 5.97 Å². The first-order valence-electron chi connectivity index (χ1n) is 7.30. The number of ether oxygens (including phenoxy) is 2. The van der Waals surface area contributed by atoms with Gasteiger partial charge in [-0.3, -0.25) is 0 Å². The Hall–Kier alpha value is -2.40. The number of esters is 1. The van der Waals surface area contributed by atoms with Crippen LogP contribution in [0.1, 0.15) is 17.5 Å². The lowest BCUT2D eigenvalue weighted by atomic mass is 10.1. The van der Waals surface area contributed by atoms with Crippen LogP contribution in [0.3, 0.4) is 0 Å². The summed E-state index contributed by atoms with van der Waals surface area (Å²) in [6.07, 6.45) is -0.230. The summed E-state index contributed by atoms with van der Waals surface area (Å²) >= 11 is 0. The van der Waals surface area contributed by atoms with Crippen molar-refractivity contribution in [3.8, 4) is 5.75 Å². The van der Waals surface area contributed by atoms with Gasteiger partial charge in [-0.2, -0.15) is 0 Å². The fraction of sp³-hybridized carbons (Fsp3) is 0.278. The number of aliphatic hydroxyl groups is 1. The topological polar surface area (TPSA) is 55.8 Å². The number of rotatable bonds is 7. The molecule has 23 heavy (non-hydrogen) atoms. The quantitative estimate of drug-likeness (QED) is 0.798. The Morgan fingerprint density at radius 3 is 2.30 bits per heavy atom. The number of benzene rings is 2. The fourth-order valence-corrected chi connectivity index (χ4v) is 2.06. The summed E-state index contributed by atoms with van der Waals surface area (Å²) in [6, 6.07) is 13.6. The summed E-state index contributed by atoms with van der Waals surface area (Å²) in [6.45, 7) is 0.362. The Morgan fingerprint density at radius 2 is 1.70 bits per heavy atom. The van der Waals surface area contributed by atoms with Gasteiger partial charge in [-0.1, -0.05) is 24.3 Å². The minimum absolute atomic E-state index is 0.271. The van der Waals surface area contributed by atoms with E-state index in [9.17, 15) is 14.3 Å². The van der Waals surface area contributed by atoms with E-state index in [0.29, 0.717) is 25.2 Å². The average Bonchev–Trinajstić information content (AvgIpc) is 2.59. The Balaban J connectivity index is 1.82. The zero-order valence-corrected chi connectivity index (χ0v) is 12.9. The summed E-state index contributed by atoms with van der Waals surface area (Å²) in [4.78, 5) is 11.1. The second-order valence-corrected chi connectivity index (χ2v) is 5.14. The number of aryl methyl sites for hydroxylation is 1. The monoisotopic (exact) mass is 318 g/mol. The van der Waals surface area contributed by atoms with Crippen molar-refractivity contribution in [3.05, 3.63) is 65.5 Å². The van der Waals surface area contributed by atoms with E-state index in [0.717, 1.165) is 11.1 Å². The van der Waals surface area contributed by atoms with Gasteiger partial charge in [0.25, 0.3) is 0 Å². The zero-order valence-electron chi connectivity index (χ0n) is 12.9. The van der Waals surface area contributed by atoms with Gasteiger partial charge in [-0.15, -0.1) is 0 Å². The lowest BCUT2D eigenvalue weighted by Crippen LogP contribution is -2.22. The molecule has 0 aliphatic rings. The van der Waals surface area contributed by atoms with E-state index in [1.807, 2.05) is 24.3 Å². The molecule has 0 aromatic heterocycles. The van der Waals surface area contributed by atoms with Crippen molar-refractivity contribution in [1.82, 2.24) is 0 Å². The Morgan fingerprint density at radius 1 is 1.09 bits per heavy atom. The largest absolute Gasteiger partial charge is 0.489 e. The molecule has 1 atom stereocenters. The molecule has 1 unspecified atom stereocenters. The summed E-state index contributed by atoms with van der Waals surface area (Å²) in [7, 11) is 1.25. The molecule has 0 aliphatic carbocycles. The highest BCUT2D eigenvalue weighted by molar-refractivity contribution is 5.74.